The van der Waals surface area contributed by atoms with Crippen LogP contribution in [0.1, 0.15) is 56.1 Å². The van der Waals surface area contributed by atoms with Crippen molar-refractivity contribution in [2.45, 2.75) is 50.4 Å². The van der Waals surface area contributed by atoms with Gasteiger partial charge in [0, 0.05) is 22.5 Å². The lowest BCUT2D eigenvalue weighted by Crippen LogP contribution is -2.29. The van der Waals surface area contributed by atoms with Crippen molar-refractivity contribution in [2.75, 3.05) is 4.90 Å². The van der Waals surface area contributed by atoms with Crippen LogP contribution >= 0.6 is 0 Å². The molecule has 1 heteroatoms. The maximum atomic E-state index is 2.42. The van der Waals surface area contributed by atoms with Crippen LogP contribution in [0.4, 0.5) is 17.1 Å². The van der Waals surface area contributed by atoms with Crippen molar-refractivity contribution < 1.29 is 0 Å². The number of hydrogen-bond acceptors (Lipinski definition) is 1. The van der Waals surface area contributed by atoms with Gasteiger partial charge in [-0.05, 0) is 104 Å². The van der Waals surface area contributed by atoms with Gasteiger partial charge >= 0.3 is 0 Å². The predicted octanol–water partition coefficient (Wildman–Crippen LogP) is 14.8. The fourth-order valence-corrected chi connectivity index (χ4v) is 8.92. The van der Waals surface area contributed by atoms with Crippen molar-refractivity contribution in [2.24, 2.45) is 0 Å². The van der Waals surface area contributed by atoms with Gasteiger partial charge in [-0.15, -0.1) is 0 Å². The van der Waals surface area contributed by atoms with Gasteiger partial charge in [-0.2, -0.15) is 0 Å². The molecule has 0 aromatic heterocycles. The molecule has 1 fully saturated rings. The second-order valence-electron chi connectivity index (χ2n) is 14.7. The molecule has 0 heterocycles. The fraction of sp³-hybridized carbons (Fsp3) is 0.154. The van der Waals surface area contributed by atoms with E-state index in [1.807, 2.05) is 0 Å². The highest BCUT2D eigenvalue weighted by molar-refractivity contribution is 5.98. The van der Waals surface area contributed by atoms with Gasteiger partial charge in [0.25, 0.3) is 0 Å². The maximum absolute atomic E-state index is 2.42. The Morgan fingerprint density at radius 1 is 0.321 bits per heavy atom. The highest BCUT2D eigenvalue weighted by atomic mass is 15.1. The molecule has 1 nitrogen and oxygen atoms in total. The van der Waals surface area contributed by atoms with Gasteiger partial charge in [0.15, 0.2) is 0 Å². The molecule has 8 aromatic rings. The lowest BCUT2D eigenvalue weighted by atomic mass is 9.67. The van der Waals surface area contributed by atoms with Crippen LogP contribution in [0.3, 0.4) is 0 Å². The number of benzene rings is 8. The molecule has 0 N–H and O–H groups in total. The molecule has 0 saturated heterocycles. The van der Waals surface area contributed by atoms with Crippen LogP contribution < -0.4 is 4.90 Å². The van der Waals surface area contributed by atoms with E-state index in [0.29, 0.717) is 0 Å². The van der Waals surface area contributed by atoms with Gasteiger partial charge in [-0.3, -0.25) is 0 Å². The van der Waals surface area contributed by atoms with E-state index in [1.165, 1.54) is 106 Å². The van der Waals surface area contributed by atoms with Crippen molar-refractivity contribution >= 4 is 38.6 Å². The van der Waals surface area contributed by atoms with E-state index in [9.17, 15) is 0 Å². The molecule has 1 aliphatic rings. The summed E-state index contributed by atoms with van der Waals surface area (Å²) in [7, 11) is 0. The average Bonchev–Trinajstić information content (AvgIpc) is 3.22. The number of rotatable bonds is 7. The standard InChI is InChI=1S/C52H45N/c1-2-11-37-52(38-12-3-1,43-19-5-4-6-20-43)44-29-35-47(36-30-44)53(45-31-25-41(26-32-45)50-23-13-17-39-15-7-9-21-48(39)50)46-33-27-42(28-34-46)51-24-14-18-40-16-8-10-22-49(40)51/h4-10,13-36H,1-3,11-12,37-38H2. The van der Waals surface area contributed by atoms with Gasteiger partial charge in [-0.1, -0.05) is 184 Å². The van der Waals surface area contributed by atoms with Crippen LogP contribution in [0.5, 0.6) is 0 Å². The zero-order chi connectivity index (χ0) is 35.5. The van der Waals surface area contributed by atoms with Crippen LogP contribution in [0.15, 0.2) is 188 Å². The fourth-order valence-electron chi connectivity index (χ4n) is 8.92. The summed E-state index contributed by atoms with van der Waals surface area (Å²) in [6.45, 7) is 0. The first kappa shape index (κ1) is 33.0. The van der Waals surface area contributed by atoms with Crippen molar-refractivity contribution in [3.63, 3.8) is 0 Å². The monoisotopic (exact) mass is 683 g/mol. The van der Waals surface area contributed by atoms with Gasteiger partial charge in [0.1, 0.15) is 0 Å². The molecular formula is C52H45N. The number of nitrogens with zero attached hydrogens (tertiary/aromatic N) is 1. The number of anilines is 3. The first-order valence-electron chi connectivity index (χ1n) is 19.4. The Balaban J connectivity index is 1.12. The first-order chi connectivity index (χ1) is 26.3. The molecule has 0 aliphatic heterocycles. The summed E-state index contributed by atoms with van der Waals surface area (Å²) in [5.74, 6) is 0. The second kappa shape index (κ2) is 14.6. The molecule has 0 radical (unpaired) electrons. The Labute approximate surface area is 314 Å². The maximum Gasteiger partial charge on any atom is 0.0462 e. The third-order valence-electron chi connectivity index (χ3n) is 11.7. The molecule has 258 valence electrons. The summed E-state index contributed by atoms with van der Waals surface area (Å²) in [6, 6.07) is 69.6. The Kier molecular flexibility index (Phi) is 9.08. The normalized spacial score (nSPS) is 14.4. The molecule has 0 amide bonds. The van der Waals surface area contributed by atoms with Gasteiger partial charge < -0.3 is 4.90 Å². The summed E-state index contributed by atoms with van der Waals surface area (Å²) < 4.78 is 0. The zero-order valence-corrected chi connectivity index (χ0v) is 30.3. The largest absolute Gasteiger partial charge is 0.311 e. The van der Waals surface area contributed by atoms with Crippen LogP contribution in [0.2, 0.25) is 0 Å². The topological polar surface area (TPSA) is 3.24 Å². The number of fused-ring (bicyclic) bond motifs is 2. The SMILES string of the molecule is c1ccc(C2(c3ccc(N(c4ccc(-c5cccc6ccccc56)cc4)c4ccc(-c5cccc6ccccc56)cc4)cc3)CCCCCCC2)cc1. The van der Waals surface area contributed by atoms with Crippen LogP contribution in [0, 0.1) is 0 Å². The van der Waals surface area contributed by atoms with E-state index in [2.05, 4.69) is 193 Å². The summed E-state index contributed by atoms with van der Waals surface area (Å²) >= 11 is 0. The van der Waals surface area contributed by atoms with E-state index in [4.69, 9.17) is 0 Å². The Morgan fingerprint density at radius 3 is 1.23 bits per heavy atom. The summed E-state index contributed by atoms with van der Waals surface area (Å²) in [5.41, 5.74) is 11.4. The highest BCUT2D eigenvalue weighted by Crippen LogP contribution is 2.45. The van der Waals surface area contributed by atoms with Crippen LogP contribution in [-0.2, 0) is 5.41 Å². The van der Waals surface area contributed by atoms with Gasteiger partial charge in [-0.25, -0.2) is 0 Å². The van der Waals surface area contributed by atoms with Gasteiger partial charge in [0.05, 0.1) is 0 Å². The predicted molar refractivity (Wildman–Crippen MR) is 227 cm³/mol. The lowest BCUT2D eigenvalue weighted by Gasteiger charge is -2.37. The van der Waals surface area contributed by atoms with Crippen molar-refractivity contribution in [1.82, 2.24) is 0 Å². The smallest absolute Gasteiger partial charge is 0.0462 e. The highest BCUT2D eigenvalue weighted by Gasteiger charge is 2.34. The molecule has 0 bridgehead atoms. The molecule has 0 atom stereocenters. The summed E-state index contributed by atoms with van der Waals surface area (Å²) in [5, 5.41) is 5.08. The van der Waals surface area contributed by atoms with Crippen LogP contribution in [0.25, 0.3) is 43.8 Å². The molecule has 53 heavy (non-hydrogen) atoms. The minimum atomic E-state index is 0.0469. The van der Waals surface area contributed by atoms with Gasteiger partial charge in [0.2, 0.25) is 0 Å². The van der Waals surface area contributed by atoms with E-state index >= 15 is 0 Å². The second-order valence-corrected chi connectivity index (χ2v) is 14.7. The molecule has 1 saturated carbocycles. The summed E-state index contributed by atoms with van der Waals surface area (Å²) in [4.78, 5) is 2.41. The summed E-state index contributed by atoms with van der Waals surface area (Å²) in [6.07, 6.45) is 8.95. The third kappa shape index (κ3) is 6.42. The Bertz CT molecular complexity index is 2320. The lowest BCUT2D eigenvalue weighted by molar-refractivity contribution is 0.366. The quantitative estimate of drug-likeness (QED) is 0.162. The molecule has 0 spiro atoms. The molecule has 1 aliphatic carbocycles. The van der Waals surface area contributed by atoms with Crippen LogP contribution in [-0.4, -0.2) is 0 Å². The van der Waals surface area contributed by atoms with E-state index in [-0.39, 0.29) is 5.41 Å². The minimum absolute atomic E-state index is 0.0469. The number of hydrogen-bond donors (Lipinski definition) is 0. The average molecular weight is 684 g/mol. The first-order valence-corrected chi connectivity index (χ1v) is 19.4. The van der Waals surface area contributed by atoms with E-state index in [0.717, 1.165) is 11.4 Å². The zero-order valence-electron chi connectivity index (χ0n) is 30.3. The van der Waals surface area contributed by atoms with E-state index < -0.39 is 0 Å². The molecule has 8 aromatic carbocycles. The Morgan fingerprint density at radius 2 is 0.717 bits per heavy atom. The molecule has 9 rings (SSSR count). The Hall–Kier alpha value is -5.92. The minimum Gasteiger partial charge on any atom is -0.311 e. The molecular weight excluding hydrogens is 639 g/mol. The molecule has 0 unspecified atom stereocenters. The third-order valence-corrected chi connectivity index (χ3v) is 11.7. The van der Waals surface area contributed by atoms with E-state index in [1.54, 1.807) is 0 Å². The van der Waals surface area contributed by atoms with Crippen molar-refractivity contribution in [3.05, 3.63) is 199 Å². The van der Waals surface area contributed by atoms with Crippen molar-refractivity contribution in [3.8, 4) is 22.3 Å². The van der Waals surface area contributed by atoms with Crippen molar-refractivity contribution in [1.29, 1.82) is 0 Å².